The molecule has 11 heteroatoms. The van der Waals surface area contributed by atoms with Crippen LogP contribution in [0.25, 0.3) is 11.1 Å². The molecule has 0 bridgehead atoms. The van der Waals surface area contributed by atoms with Crippen molar-refractivity contribution in [3.63, 3.8) is 0 Å². The number of nitrogens with two attached hydrogens (primary N) is 1. The molecule has 0 atom stereocenters. The van der Waals surface area contributed by atoms with Gasteiger partial charge in [-0.25, -0.2) is 5.10 Å². The molecule has 0 aliphatic carbocycles. The van der Waals surface area contributed by atoms with E-state index in [1.54, 1.807) is 23.9 Å². The van der Waals surface area contributed by atoms with Gasteiger partial charge in [0.15, 0.2) is 0 Å². The lowest BCUT2D eigenvalue weighted by Gasteiger charge is -2.53. The smallest absolute Gasteiger partial charge is 0.368 e. The van der Waals surface area contributed by atoms with E-state index in [1.807, 2.05) is 12.1 Å². The van der Waals surface area contributed by atoms with Crippen LogP contribution in [0.1, 0.15) is 46.1 Å². The van der Waals surface area contributed by atoms with Crippen molar-refractivity contribution in [1.29, 1.82) is 0 Å². The number of benzene rings is 2. The number of thioether (sulfide) groups is 1. The zero-order valence-electron chi connectivity index (χ0n) is 20.8. The minimum atomic E-state index is -4.62. The minimum Gasteiger partial charge on any atom is -0.368 e. The molecule has 4 rings (SSSR count). The summed E-state index contributed by atoms with van der Waals surface area (Å²) in [6.45, 7) is 9.00. The van der Waals surface area contributed by atoms with Crippen LogP contribution in [0.3, 0.4) is 0 Å². The summed E-state index contributed by atoms with van der Waals surface area (Å²) in [6.07, 6.45) is -2.57. The molecule has 2 heterocycles. The maximum atomic E-state index is 14.1. The number of hydrogen-bond donors (Lipinski definition) is 3. The van der Waals surface area contributed by atoms with E-state index in [9.17, 15) is 13.2 Å². The molecule has 1 aliphatic rings. The predicted octanol–water partition coefficient (Wildman–Crippen LogP) is 7.21. The molecule has 0 unspecified atom stereocenters. The molecule has 0 spiro atoms. The molecule has 0 radical (unpaired) electrons. The van der Waals surface area contributed by atoms with E-state index in [2.05, 4.69) is 60.1 Å². The number of hydrogen-bond acceptors (Lipinski definition) is 6. The monoisotopic (exact) mass is 538 g/mol. The van der Waals surface area contributed by atoms with Gasteiger partial charge in [0.2, 0.25) is 11.9 Å². The van der Waals surface area contributed by atoms with Gasteiger partial charge in [-0.3, -0.25) is 4.90 Å². The Morgan fingerprint density at radius 3 is 2.25 bits per heavy atom. The highest BCUT2D eigenvalue weighted by Crippen LogP contribution is 2.46. The Hall–Kier alpha value is -2.43. The maximum Gasteiger partial charge on any atom is 0.417 e. The van der Waals surface area contributed by atoms with Crippen molar-refractivity contribution in [2.75, 3.05) is 18.1 Å². The average molecular weight is 539 g/mol. The second-order valence-electron chi connectivity index (χ2n) is 10.4. The summed E-state index contributed by atoms with van der Waals surface area (Å²) >= 11 is 8.17. The van der Waals surface area contributed by atoms with Crippen molar-refractivity contribution >= 4 is 40.9 Å². The lowest BCUT2D eigenvalue weighted by Crippen LogP contribution is -2.59. The third-order valence-electron chi connectivity index (χ3n) is 6.87. The zero-order chi connectivity index (χ0) is 26.5. The number of nitrogen functional groups attached to an aromatic ring is 1. The van der Waals surface area contributed by atoms with Crippen LogP contribution in [0.15, 0.2) is 41.3 Å². The van der Waals surface area contributed by atoms with E-state index in [-0.39, 0.29) is 39.2 Å². The van der Waals surface area contributed by atoms with Gasteiger partial charge in [-0.1, -0.05) is 23.7 Å². The van der Waals surface area contributed by atoms with Crippen LogP contribution in [-0.4, -0.2) is 43.5 Å². The summed E-state index contributed by atoms with van der Waals surface area (Å²) < 4.78 is 42.2. The Bertz CT molecular complexity index is 1220. The molecule has 6 nitrogen and oxygen atoms in total. The van der Waals surface area contributed by atoms with Gasteiger partial charge in [-0.2, -0.15) is 18.2 Å². The van der Waals surface area contributed by atoms with E-state index in [0.717, 1.165) is 23.8 Å². The van der Waals surface area contributed by atoms with Crippen molar-refractivity contribution in [1.82, 2.24) is 20.1 Å². The summed E-state index contributed by atoms with van der Waals surface area (Å²) in [4.78, 5) is 7.30. The third kappa shape index (κ3) is 5.60. The highest BCUT2D eigenvalue weighted by Gasteiger charge is 2.43. The number of aromatic nitrogens is 3. The second kappa shape index (κ2) is 9.46. The molecular formula is C25H30ClF3N6S. The third-order valence-corrected chi connectivity index (χ3v) is 8.38. The molecule has 1 aromatic heterocycles. The van der Waals surface area contributed by atoms with Gasteiger partial charge in [-0.15, -0.1) is 16.9 Å². The van der Waals surface area contributed by atoms with E-state index in [4.69, 9.17) is 17.3 Å². The predicted molar refractivity (Wildman–Crippen MR) is 141 cm³/mol. The van der Waals surface area contributed by atoms with Crippen molar-refractivity contribution in [3.05, 3.63) is 47.0 Å². The fourth-order valence-electron chi connectivity index (χ4n) is 4.91. The van der Waals surface area contributed by atoms with E-state index in [0.29, 0.717) is 10.8 Å². The number of aromatic amines is 1. The maximum absolute atomic E-state index is 14.1. The molecule has 4 N–H and O–H groups in total. The summed E-state index contributed by atoms with van der Waals surface area (Å²) in [5.74, 6) is 0.0904. The summed E-state index contributed by atoms with van der Waals surface area (Å²) in [5, 5.41) is 9.29. The van der Waals surface area contributed by atoms with E-state index in [1.165, 1.54) is 6.07 Å². The SMILES string of the molecule is CN1C(C)(C)CC(Sc2ccc(-c3c(Cl)cc(Nc4n[nH]c(N)n4)cc3C(F)(F)F)cc2)CC1(C)C. The molecule has 194 valence electrons. The van der Waals surface area contributed by atoms with Crippen LogP contribution in [0.2, 0.25) is 5.02 Å². The summed E-state index contributed by atoms with van der Waals surface area (Å²) in [5.41, 5.74) is 5.19. The van der Waals surface area contributed by atoms with Crippen LogP contribution < -0.4 is 11.1 Å². The second-order valence-corrected chi connectivity index (χ2v) is 12.2. The zero-order valence-corrected chi connectivity index (χ0v) is 22.4. The van der Waals surface area contributed by atoms with E-state index >= 15 is 0 Å². The van der Waals surface area contributed by atoms with Crippen LogP contribution in [-0.2, 0) is 6.18 Å². The highest BCUT2D eigenvalue weighted by atomic mass is 35.5. The highest BCUT2D eigenvalue weighted by molar-refractivity contribution is 8.00. The number of piperidine rings is 1. The largest absolute Gasteiger partial charge is 0.417 e. The first-order valence-corrected chi connectivity index (χ1v) is 12.8. The molecule has 3 aromatic rings. The van der Waals surface area contributed by atoms with Crippen molar-refractivity contribution in [2.24, 2.45) is 0 Å². The fraction of sp³-hybridized carbons (Fsp3) is 0.440. The first kappa shape index (κ1) is 26.6. The van der Waals surface area contributed by atoms with Gasteiger partial charge in [-0.05, 0) is 77.4 Å². The number of rotatable bonds is 5. The number of anilines is 3. The van der Waals surface area contributed by atoms with Crippen LogP contribution in [0.5, 0.6) is 0 Å². The van der Waals surface area contributed by atoms with Gasteiger partial charge in [0.05, 0.1) is 10.6 Å². The number of nitrogens with one attached hydrogen (secondary N) is 2. The molecule has 2 aromatic carbocycles. The molecule has 0 amide bonds. The number of likely N-dealkylation sites (tertiary alicyclic amines) is 1. The molecule has 1 aliphatic heterocycles. The number of halogens is 4. The quantitative estimate of drug-likeness (QED) is 0.318. The lowest BCUT2D eigenvalue weighted by atomic mass is 9.80. The number of nitrogens with zero attached hydrogens (tertiary/aromatic N) is 3. The van der Waals surface area contributed by atoms with E-state index < -0.39 is 11.7 Å². The van der Waals surface area contributed by atoms with Gasteiger partial charge >= 0.3 is 6.18 Å². The van der Waals surface area contributed by atoms with Crippen molar-refractivity contribution in [3.8, 4) is 11.1 Å². The Morgan fingerprint density at radius 1 is 1.11 bits per heavy atom. The summed E-state index contributed by atoms with van der Waals surface area (Å²) in [7, 11) is 2.17. The van der Waals surface area contributed by atoms with Crippen LogP contribution in [0.4, 0.5) is 30.8 Å². The van der Waals surface area contributed by atoms with Crippen LogP contribution >= 0.6 is 23.4 Å². The lowest BCUT2D eigenvalue weighted by molar-refractivity contribution is -0.137. The minimum absolute atomic E-state index is 0.0324. The van der Waals surface area contributed by atoms with Crippen molar-refractivity contribution < 1.29 is 13.2 Å². The normalized spacial score (nSPS) is 18.4. The molecule has 0 saturated carbocycles. The molecule has 1 saturated heterocycles. The first-order chi connectivity index (χ1) is 16.7. The molecule has 36 heavy (non-hydrogen) atoms. The Kier molecular flexibility index (Phi) is 7.00. The fourth-order valence-corrected chi connectivity index (χ4v) is 6.90. The summed E-state index contributed by atoms with van der Waals surface area (Å²) in [6, 6.07) is 9.57. The number of H-pyrrole nitrogens is 1. The average Bonchev–Trinajstić information content (AvgIpc) is 3.16. The Morgan fingerprint density at radius 2 is 1.72 bits per heavy atom. The van der Waals surface area contributed by atoms with Gasteiger partial charge < -0.3 is 11.1 Å². The van der Waals surface area contributed by atoms with Crippen LogP contribution in [0, 0.1) is 0 Å². The van der Waals surface area contributed by atoms with Gasteiger partial charge in [0, 0.05) is 32.5 Å². The Labute approximate surface area is 218 Å². The first-order valence-electron chi connectivity index (χ1n) is 11.5. The van der Waals surface area contributed by atoms with Gasteiger partial charge in [0.25, 0.3) is 0 Å². The Balaban J connectivity index is 1.60. The number of alkyl halides is 3. The van der Waals surface area contributed by atoms with Crippen molar-refractivity contribution in [2.45, 2.75) is 67.9 Å². The molecule has 1 fully saturated rings. The standard InChI is InChI=1S/C25H30ClF3N6S/c1-23(2)12-17(13-24(3,4)35(23)5)36-16-8-6-14(7-9-16)20-18(25(27,28)29)10-15(11-19(20)26)31-22-32-21(30)33-34-22/h6-11,17H,12-13H2,1-5H3,(H4,30,31,32,33,34). The topological polar surface area (TPSA) is 82.9 Å². The van der Waals surface area contributed by atoms with Gasteiger partial charge in [0.1, 0.15) is 0 Å². The molecular weight excluding hydrogens is 509 g/mol.